The van der Waals surface area contributed by atoms with Crippen LogP contribution in [0.3, 0.4) is 0 Å². The number of hydrogen-bond donors (Lipinski definition) is 2. The van der Waals surface area contributed by atoms with Crippen LogP contribution in [0.15, 0.2) is 18.2 Å². The van der Waals surface area contributed by atoms with Gasteiger partial charge in [-0.3, -0.25) is 4.79 Å². The fourth-order valence-corrected chi connectivity index (χ4v) is 3.46. The fourth-order valence-electron chi connectivity index (χ4n) is 3.46. The van der Waals surface area contributed by atoms with Crippen LogP contribution >= 0.6 is 0 Å². The summed E-state index contributed by atoms with van der Waals surface area (Å²) in [5, 5.41) is 6.23. The molecule has 1 amide bonds. The van der Waals surface area contributed by atoms with E-state index in [0.717, 1.165) is 39.0 Å². The zero-order valence-corrected chi connectivity index (χ0v) is 12.3. The van der Waals surface area contributed by atoms with Crippen molar-refractivity contribution in [3.8, 4) is 0 Å². The number of rotatable bonds is 2. The van der Waals surface area contributed by atoms with Crippen LogP contribution in [-0.4, -0.2) is 32.6 Å². The summed E-state index contributed by atoms with van der Waals surface area (Å²) < 4.78 is 0. The van der Waals surface area contributed by atoms with E-state index in [4.69, 9.17) is 0 Å². The molecule has 3 rings (SSSR count). The van der Waals surface area contributed by atoms with Crippen LogP contribution in [0.1, 0.15) is 24.5 Å². The highest BCUT2D eigenvalue weighted by Crippen LogP contribution is 2.36. The van der Waals surface area contributed by atoms with Gasteiger partial charge in [0.25, 0.3) is 0 Å². The molecule has 0 aliphatic carbocycles. The van der Waals surface area contributed by atoms with E-state index in [1.54, 1.807) is 7.05 Å². The van der Waals surface area contributed by atoms with E-state index in [1.165, 1.54) is 16.8 Å². The third-order valence-electron chi connectivity index (χ3n) is 4.70. The smallest absolute Gasteiger partial charge is 0.227 e. The number of carbonyl (C=O) groups is 1. The van der Waals surface area contributed by atoms with Crippen molar-refractivity contribution >= 4 is 11.6 Å². The standard InChI is InChI=1S/C16H23N3O/c1-16(15(20)17-2)7-9-19(11-16)14-5-3-4-12-10-18-8-6-13(12)14/h3-5,18H,6-11H2,1-2H3,(H,17,20). The molecule has 4 nitrogen and oxygen atoms in total. The highest BCUT2D eigenvalue weighted by atomic mass is 16.2. The predicted octanol–water partition coefficient (Wildman–Crippen LogP) is 1.29. The second kappa shape index (κ2) is 5.09. The van der Waals surface area contributed by atoms with E-state index >= 15 is 0 Å². The Kier molecular flexibility index (Phi) is 3.42. The second-order valence-corrected chi connectivity index (χ2v) is 6.15. The lowest BCUT2D eigenvalue weighted by Gasteiger charge is -2.28. The largest absolute Gasteiger partial charge is 0.370 e. The first-order chi connectivity index (χ1) is 9.64. The summed E-state index contributed by atoms with van der Waals surface area (Å²) in [5.41, 5.74) is 3.94. The summed E-state index contributed by atoms with van der Waals surface area (Å²) in [4.78, 5) is 14.4. The summed E-state index contributed by atoms with van der Waals surface area (Å²) in [6.45, 7) is 5.86. The second-order valence-electron chi connectivity index (χ2n) is 6.15. The summed E-state index contributed by atoms with van der Waals surface area (Å²) >= 11 is 0. The summed E-state index contributed by atoms with van der Waals surface area (Å²) in [7, 11) is 1.73. The molecule has 2 aliphatic rings. The van der Waals surface area contributed by atoms with Gasteiger partial charge in [-0.05, 0) is 43.5 Å². The molecule has 0 saturated carbocycles. The molecule has 0 bridgehead atoms. The summed E-state index contributed by atoms with van der Waals surface area (Å²) in [5.74, 6) is 0.159. The number of benzene rings is 1. The average molecular weight is 273 g/mol. The van der Waals surface area contributed by atoms with E-state index in [2.05, 4.69) is 40.7 Å². The van der Waals surface area contributed by atoms with E-state index in [0.29, 0.717) is 0 Å². The molecule has 2 aliphatic heterocycles. The number of amides is 1. The van der Waals surface area contributed by atoms with Crippen molar-refractivity contribution in [3.05, 3.63) is 29.3 Å². The number of carbonyl (C=O) groups excluding carboxylic acids is 1. The van der Waals surface area contributed by atoms with Gasteiger partial charge in [0.05, 0.1) is 5.41 Å². The molecule has 2 heterocycles. The fraction of sp³-hybridized carbons (Fsp3) is 0.562. The normalized spacial score (nSPS) is 25.4. The zero-order valence-electron chi connectivity index (χ0n) is 12.3. The van der Waals surface area contributed by atoms with Crippen molar-refractivity contribution in [2.45, 2.75) is 26.3 Å². The van der Waals surface area contributed by atoms with Crippen LogP contribution in [-0.2, 0) is 17.8 Å². The molecule has 1 unspecified atom stereocenters. The van der Waals surface area contributed by atoms with Gasteiger partial charge in [0.1, 0.15) is 0 Å². The van der Waals surface area contributed by atoms with E-state index in [1.807, 2.05) is 0 Å². The Morgan fingerprint density at radius 2 is 2.30 bits per heavy atom. The molecule has 0 radical (unpaired) electrons. The minimum atomic E-state index is -0.260. The molecule has 108 valence electrons. The minimum absolute atomic E-state index is 0.159. The van der Waals surface area contributed by atoms with Crippen molar-refractivity contribution in [1.29, 1.82) is 0 Å². The molecule has 1 atom stereocenters. The lowest BCUT2D eigenvalue weighted by molar-refractivity contribution is -0.128. The SMILES string of the molecule is CNC(=O)C1(C)CCN(c2cccc3c2CCNC3)C1. The molecule has 1 aromatic carbocycles. The van der Waals surface area contributed by atoms with Gasteiger partial charge in [-0.15, -0.1) is 0 Å². The number of fused-ring (bicyclic) bond motifs is 1. The van der Waals surface area contributed by atoms with Crippen LogP contribution in [0.4, 0.5) is 5.69 Å². The zero-order chi connectivity index (χ0) is 14.2. The topological polar surface area (TPSA) is 44.4 Å². The molecule has 20 heavy (non-hydrogen) atoms. The number of anilines is 1. The van der Waals surface area contributed by atoms with Gasteiger partial charge in [0.2, 0.25) is 5.91 Å². The van der Waals surface area contributed by atoms with E-state index < -0.39 is 0 Å². The lowest BCUT2D eigenvalue weighted by atomic mass is 9.89. The maximum Gasteiger partial charge on any atom is 0.227 e. The Hall–Kier alpha value is -1.55. The van der Waals surface area contributed by atoms with Crippen molar-refractivity contribution < 1.29 is 4.79 Å². The van der Waals surface area contributed by atoms with Crippen molar-refractivity contribution in [3.63, 3.8) is 0 Å². The number of nitrogens with one attached hydrogen (secondary N) is 2. The van der Waals surface area contributed by atoms with Crippen LogP contribution in [0.25, 0.3) is 0 Å². The average Bonchev–Trinajstić information content (AvgIpc) is 2.89. The third-order valence-corrected chi connectivity index (χ3v) is 4.70. The lowest BCUT2D eigenvalue weighted by Crippen LogP contribution is -2.39. The monoisotopic (exact) mass is 273 g/mol. The summed E-state index contributed by atoms with van der Waals surface area (Å²) in [6.07, 6.45) is 2.01. The molecule has 1 fully saturated rings. The van der Waals surface area contributed by atoms with Gasteiger partial charge in [-0.25, -0.2) is 0 Å². The molecular weight excluding hydrogens is 250 g/mol. The van der Waals surface area contributed by atoms with Gasteiger partial charge in [-0.2, -0.15) is 0 Å². The van der Waals surface area contributed by atoms with Gasteiger partial charge in [0.15, 0.2) is 0 Å². The van der Waals surface area contributed by atoms with Gasteiger partial charge in [0, 0.05) is 32.4 Å². The third kappa shape index (κ3) is 2.18. The van der Waals surface area contributed by atoms with Crippen LogP contribution < -0.4 is 15.5 Å². The van der Waals surface area contributed by atoms with E-state index in [9.17, 15) is 4.79 Å². The molecule has 0 spiro atoms. The summed E-state index contributed by atoms with van der Waals surface area (Å²) in [6, 6.07) is 6.55. The number of nitrogens with zero attached hydrogens (tertiary/aromatic N) is 1. The first kappa shape index (κ1) is 13.4. The van der Waals surface area contributed by atoms with E-state index in [-0.39, 0.29) is 11.3 Å². The quantitative estimate of drug-likeness (QED) is 0.853. The molecule has 0 aromatic heterocycles. The minimum Gasteiger partial charge on any atom is -0.370 e. The Morgan fingerprint density at radius 1 is 1.45 bits per heavy atom. The van der Waals surface area contributed by atoms with Crippen LogP contribution in [0.2, 0.25) is 0 Å². The van der Waals surface area contributed by atoms with Crippen molar-refractivity contribution in [2.75, 3.05) is 31.6 Å². The Bertz CT molecular complexity index is 528. The Morgan fingerprint density at radius 3 is 3.10 bits per heavy atom. The van der Waals surface area contributed by atoms with Gasteiger partial charge >= 0.3 is 0 Å². The molecule has 1 saturated heterocycles. The maximum atomic E-state index is 12.1. The van der Waals surface area contributed by atoms with Gasteiger partial charge < -0.3 is 15.5 Å². The molecule has 1 aromatic rings. The van der Waals surface area contributed by atoms with Crippen LogP contribution in [0.5, 0.6) is 0 Å². The Balaban J connectivity index is 1.87. The van der Waals surface area contributed by atoms with Crippen LogP contribution in [0, 0.1) is 5.41 Å². The Labute approximate surface area is 120 Å². The molecule has 4 heteroatoms. The molecule has 2 N–H and O–H groups in total. The van der Waals surface area contributed by atoms with Crippen molar-refractivity contribution in [2.24, 2.45) is 5.41 Å². The highest BCUT2D eigenvalue weighted by Gasteiger charge is 2.40. The number of hydrogen-bond acceptors (Lipinski definition) is 3. The first-order valence-corrected chi connectivity index (χ1v) is 7.43. The maximum absolute atomic E-state index is 12.1. The van der Waals surface area contributed by atoms with Gasteiger partial charge in [-0.1, -0.05) is 12.1 Å². The highest BCUT2D eigenvalue weighted by molar-refractivity contribution is 5.83. The first-order valence-electron chi connectivity index (χ1n) is 7.43. The predicted molar refractivity (Wildman–Crippen MR) is 80.9 cm³/mol. The molecular formula is C16H23N3O. The van der Waals surface area contributed by atoms with Crippen molar-refractivity contribution in [1.82, 2.24) is 10.6 Å².